The SMILES string of the molecule is COc1ccc(C2(C)OC(NS(C)(=O)=O)=C(OC(C)=O)C2=O)cc1. The quantitative estimate of drug-likeness (QED) is 0.778. The first-order chi connectivity index (χ1) is 11.1. The molecule has 0 spiro atoms. The molecule has 0 amide bonds. The number of hydrogen-bond donors (Lipinski definition) is 1. The fourth-order valence-corrected chi connectivity index (χ4v) is 2.66. The highest BCUT2D eigenvalue weighted by Gasteiger charge is 2.50. The molecule has 0 fully saturated rings. The number of sulfonamides is 1. The molecule has 0 radical (unpaired) electrons. The van der Waals surface area contributed by atoms with Gasteiger partial charge in [0.15, 0.2) is 5.60 Å². The molecule has 1 N–H and O–H groups in total. The molecule has 0 saturated heterocycles. The highest BCUT2D eigenvalue weighted by molar-refractivity contribution is 7.88. The lowest BCUT2D eigenvalue weighted by molar-refractivity contribution is -0.142. The maximum Gasteiger partial charge on any atom is 0.308 e. The van der Waals surface area contributed by atoms with E-state index in [4.69, 9.17) is 14.2 Å². The van der Waals surface area contributed by atoms with Crippen LogP contribution in [-0.4, -0.2) is 33.5 Å². The summed E-state index contributed by atoms with van der Waals surface area (Å²) in [6.45, 7) is 2.55. The Morgan fingerprint density at radius 3 is 2.29 bits per heavy atom. The summed E-state index contributed by atoms with van der Waals surface area (Å²) in [5.41, 5.74) is -1.09. The Kier molecular flexibility index (Phi) is 4.57. The molecule has 1 aliphatic heterocycles. The Morgan fingerprint density at radius 1 is 1.25 bits per heavy atom. The van der Waals surface area contributed by atoms with Crippen LogP contribution in [0.25, 0.3) is 0 Å². The van der Waals surface area contributed by atoms with Gasteiger partial charge in [0.2, 0.25) is 21.7 Å². The predicted molar refractivity (Wildman–Crippen MR) is 83.2 cm³/mol. The van der Waals surface area contributed by atoms with E-state index < -0.39 is 39.0 Å². The lowest BCUT2D eigenvalue weighted by atomic mass is 9.91. The van der Waals surface area contributed by atoms with Gasteiger partial charge >= 0.3 is 5.97 Å². The van der Waals surface area contributed by atoms with Crippen LogP contribution in [0.3, 0.4) is 0 Å². The second kappa shape index (κ2) is 6.16. The molecule has 9 heteroatoms. The number of carbonyl (C=O) groups is 2. The van der Waals surface area contributed by atoms with Crippen molar-refractivity contribution in [1.29, 1.82) is 0 Å². The van der Waals surface area contributed by atoms with Crippen LogP contribution in [0.1, 0.15) is 19.4 Å². The van der Waals surface area contributed by atoms with Crippen molar-refractivity contribution in [3.05, 3.63) is 41.5 Å². The van der Waals surface area contributed by atoms with Gasteiger partial charge in [0.1, 0.15) is 5.75 Å². The van der Waals surface area contributed by atoms with E-state index in [1.54, 1.807) is 24.3 Å². The molecule has 1 aromatic rings. The number of esters is 1. The van der Waals surface area contributed by atoms with Crippen molar-refractivity contribution < 1.29 is 32.2 Å². The smallest absolute Gasteiger partial charge is 0.308 e. The molecular formula is C15H17NO7S. The van der Waals surface area contributed by atoms with Crippen LogP contribution in [0.2, 0.25) is 0 Å². The number of hydrogen-bond acceptors (Lipinski definition) is 7. The summed E-state index contributed by atoms with van der Waals surface area (Å²) in [6, 6.07) is 6.46. The fourth-order valence-electron chi connectivity index (χ4n) is 2.19. The fraction of sp³-hybridized carbons (Fsp3) is 0.333. The van der Waals surface area contributed by atoms with Gasteiger partial charge in [-0.05, 0) is 19.1 Å². The first kappa shape index (κ1) is 17.8. The summed E-state index contributed by atoms with van der Waals surface area (Å²) >= 11 is 0. The van der Waals surface area contributed by atoms with Crippen molar-refractivity contribution in [2.45, 2.75) is 19.4 Å². The first-order valence-electron chi connectivity index (χ1n) is 6.85. The van der Waals surface area contributed by atoms with E-state index in [2.05, 4.69) is 4.72 Å². The van der Waals surface area contributed by atoms with E-state index in [9.17, 15) is 18.0 Å². The van der Waals surface area contributed by atoms with Gasteiger partial charge in [0.25, 0.3) is 5.78 Å². The van der Waals surface area contributed by atoms with Gasteiger partial charge in [-0.15, -0.1) is 0 Å². The normalized spacial score (nSPS) is 20.6. The second-order valence-corrected chi connectivity index (χ2v) is 7.07. The van der Waals surface area contributed by atoms with E-state index in [0.29, 0.717) is 11.3 Å². The summed E-state index contributed by atoms with van der Waals surface area (Å²) in [7, 11) is -2.24. The molecule has 24 heavy (non-hydrogen) atoms. The van der Waals surface area contributed by atoms with Crippen LogP contribution < -0.4 is 9.46 Å². The Balaban J connectivity index is 2.44. The average molecular weight is 355 g/mol. The van der Waals surface area contributed by atoms with Gasteiger partial charge in [-0.2, -0.15) is 0 Å². The number of Topliss-reactive ketones (excluding diaryl/α,β-unsaturated/α-hetero) is 1. The van der Waals surface area contributed by atoms with Gasteiger partial charge in [-0.3, -0.25) is 14.3 Å². The molecular weight excluding hydrogens is 338 g/mol. The zero-order chi connectivity index (χ0) is 18.1. The van der Waals surface area contributed by atoms with Crippen molar-refractivity contribution in [3.63, 3.8) is 0 Å². The molecule has 8 nitrogen and oxygen atoms in total. The standard InChI is InChI=1S/C15H17NO7S/c1-9(17)22-12-13(18)15(2,23-14(12)16-24(4,19)20)10-5-7-11(21-3)8-6-10/h5-8,16H,1-4H3. The Hall–Kier alpha value is -2.55. The summed E-state index contributed by atoms with van der Waals surface area (Å²) in [5, 5.41) is 0. The Morgan fingerprint density at radius 2 is 1.83 bits per heavy atom. The first-order valence-corrected chi connectivity index (χ1v) is 8.75. The van der Waals surface area contributed by atoms with Gasteiger partial charge in [-0.1, -0.05) is 12.1 Å². The lowest BCUT2D eigenvalue weighted by Gasteiger charge is -2.23. The molecule has 0 aromatic heterocycles. The number of ether oxygens (including phenoxy) is 3. The number of nitrogens with one attached hydrogen (secondary N) is 1. The van der Waals surface area contributed by atoms with E-state index >= 15 is 0 Å². The van der Waals surface area contributed by atoms with Crippen molar-refractivity contribution in [1.82, 2.24) is 4.72 Å². The monoisotopic (exact) mass is 355 g/mol. The number of ketones is 1. The third-order valence-corrected chi connectivity index (χ3v) is 3.87. The largest absolute Gasteiger partial charge is 0.497 e. The third kappa shape index (κ3) is 3.51. The molecule has 1 heterocycles. The van der Waals surface area contributed by atoms with Crippen LogP contribution >= 0.6 is 0 Å². The molecule has 1 atom stereocenters. The van der Waals surface area contributed by atoms with Crippen molar-refractivity contribution in [3.8, 4) is 5.75 Å². The summed E-state index contributed by atoms with van der Waals surface area (Å²) in [4.78, 5) is 23.9. The zero-order valence-corrected chi connectivity index (χ0v) is 14.4. The Bertz CT molecular complexity index is 811. The maximum atomic E-state index is 12.7. The van der Waals surface area contributed by atoms with Gasteiger partial charge in [-0.25, -0.2) is 8.42 Å². The van der Waals surface area contributed by atoms with E-state index in [1.165, 1.54) is 14.0 Å². The van der Waals surface area contributed by atoms with E-state index in [1.807, 2.05) is 0 Å². The minimum absolute atomic E-state index is 0.420. The molecule has 1 unspecified atom stereocenters. The summed E-state index contributed by atoms with van der Waals surface area (Å²) < 4.78 is 40.4. The topological polar surface area (TPSA) is 108 Å². The average Bonchev–Trinajstić information content (AvgIpc) is 2.70. The minimum Gasteiger partial charge on any atom is -0.497 e. The maximum absolute atomic E-state index is 12.7. The van der Waals surface area contributed by atoms with Gasteiger partial charge < -0.3 is 14.2 Å². The Labute approximate surface area is 139 Å². The van der Waals surface area contributed by atoms with Gasteiger partial charge in [0, 0.05) is 12.5 Å². The molecule has 0 bridgehead atoms. The van der Waals surface area contributed by atoms with Crippen molar-refractivity contribution in [2.75, 3.05) is 13.4 Å². The van der Waals surface area contributed by atoms with Crippen LogP contribution in [0, 0.1) is 0 Å². The second-order valence-electron chi connectivity index (χ2n) is 5.32. The minimum atomic E-state index is -3.74. The number of methoxy groups -OCH3 is 1. The predicted octanol–water partition coefficient (Wildman–Crippen LogP) is 0.791. The van der Waals surface area contributed by atoms with Crippen LogP contribution in [-0.2, 0) is 34.7 Å². The van der Waals surface area contributed by atoms with Crippen molar-refractivity contribution in [2.24, 2.45) is 0 Å². The van der Waals surface area contributed by atoms with E-state index in [-0.39, 0.29) is 0 Å². The lowest BCUT2D eigenvalue weighted by Crippen LogP contribution is -2.32. The molecule has 1 aliphatic rings. The van der Waals surface area contributed by atoms with Crippen molar-refractivity contribution >= 4 is 21.8 Å². The van der Waals surface area contributed by atoms with Crippen LogP contribution in [0.4, 0.5) is 0 Å². The van der Waals surface area contributed by atoms with Crippen LogP contribution in [0.15, 0.2) is 35.9 Å². The zero-order valence-electron chi connectivity index (χ0n) is 13.6. The molecule has 0 aliphatic carbocycles. The van der Waals surface area contributed by atoms with Crippen LogP contribution in [0.5, 0.6) is 5.75 Å². The highest BCUT2D eigenvalue weighted by atomic mass is 32.2. The highest BCUT2D eigenvalue weighted by Crippen LogP contribution is 2.39. The molecule has 130 valence electrons. The summed E-state index contributed by atoms with van der Waals surface area (Å²) in [5.74, 6) is -1.76. The summed E-state index contributed by atoms with van der Waals surface area (Å²) in [6.07, 6.45) is 0.891. The number of carbonyl (C=O) groups excluding carboxylic acids is 2. The molecule has 0 saturated carbocycles. The number of rotatable bonds is 5. The molecule has 2 rings (SSSR count). The number of benzene rings is 1. The van der Waals surface area contributed by atoms with E-state index in [0.717, 1.165) is 13.2 Å². The third-order valence-electron chi connectivity index (χ3n) is 3.32. The molecule has 1 aromatic carbocycles. The van der Waals surface area contributed by atoms with Gasteiger partial charge in [0.05, 0.1) is 13.4 Å².